The Hall–Kier alpha value is -0.820. The third-order valence-corrected chi connectivity index (χ3v) is 2.81. The molecule has 0 amide bonds. The molecule has 1 aromatic rings. The molecule has 2 rings (SSSR count). The fraction of sp³-hybridized carbons (Fsp3) is 0.500. The Morgan fingerprint density at radius 2 is 1.92 bits per heavy atom. The van der Waals surface area contributed by atoms with Gasteiger partial charge in [-0.1, -0.05) is 30.3 Å². The van der Waals surface area contributed by atoms with Crippen LogP contribution in [0.1, 0.15) is 25.3 Å². The van der Waals surface area contributed by atoms with Gasteiger partial charge in [-0.15, -0.1) is 0 Å². The van der Waals surface area contributed by atoms with E-state index in [4.69, 9.17) is 0 Å². The van der Waals surface area contributed by atoms with Crippen molar-refractivity contribution >= 4 is 0 Å². The highest BCUT2D eigenvalue weighted by Gasteiger charge is 2.35. The second kappa shape index (κ2) is 3.51. The van der Waals surface area contributed by atoms with Crippen LogP contribution in [0.25, 0.3) is 0 Å². The zero-order chi connectivity index (χ0) is 9.15. The van der Waals surface area contributed by atoms with Crippen LogP contribution in [0.2, 0.25) is 0 Å². The maximum Gasteiger partial charge on any atom is 0.0154 e. The summed E-state index contributed by atoms with van der Waals surface area (Å²) in [5.41, 5.74) is 1.91. The molecular formula is C12H17N. The number of rotatable bonds is 4. The minimum absolute atomic E-state index is 0.481. The summed E-state index contributed by atoms with van der Waals surface area (Å²) in [5.74, 6) is 0. The Labute approximate surface area is 80.2 Å². The first-order valence-corrected chi connectivity index (χ1v) is 5.07. The Morgan fingerprint density at radius 3 is 2.54 bits per heavy atom. The van der Waals surface area contributed by atoms with Crippen molar-refractivity contribution in [2.24, 2.45) is 0 Å². The van der Waals surface area contributed by atoms with Crippen LogP contribution < -0.4 is 5.32 Å². The minimum Gasteiger partial charge on any atom is -0.311 e. The third-order valence-electron chi connectivity index (χ3n) is 2.81. The minimum atomic E-state index is 0.481. The Kier molecular flexibility index (Phi) is 2.36. The fourth-order valence-electron chi connectivity index (χ4n) is 1.52. The van der Waals surface area contributed by atoms with E-state index in [0.29, 0.717) is 5.54 Å². The van der Waals surface area contributed by atoms with Crippen LogP contribution in [0.4, 0.5) is 0 Å². The molecule has 0 radical (unpaired) electrons. The van der Waals surface area contributed by atoms with Crippen molar-refractivity contribution in [2.45, 2.75) is 31.7 Å². The van der Waals surface area contributed by atoms with Crippen LogP contribution in [0.5, 0.6) is 0 Å². The summed E-state index contributed by atoms with van der Waals surface area (Å²) in [6.07, 6.45) is 3.85. The van der Waals surface area contributed by atoms with Crippen molar-refractivity contribution in [3.63, 3.8) is 0 Å². The largest absolute Gasteiger partial charge is 0.311 e. The number of hydrogen-bond acceptors (Lipinski definition) is 1. The van der Waals surface area contributed by atoms with Crippen molar-refractivity contribution in [1.29, 1.82) is 0 Å². The van der Waals surface area contributed by atoms with E-state index < -0.39 is 0 Å². The molecule has 70 valence electrons. The van der Waals surface area contributed by atoms with Gasteiger partial charge in [0.15, 0.2) is 0 Å². The summed E-state index contributed by atoms with van der Waals surface area (Å²) in [5, 5.41) is 3.58. The van der Waals surface area contributed by atoms with Crippen LogP contribution in [-0.4, -0.2) is 12.1 Å². The van der Waals surface area contributed by atoms with E-state index in [1.165, 1.54) is 18.4 Å². The van der Waals surface area contributed by atoms with Gasteiger partial charge in [0.25, 0.3) is 0 Å². The van der Waals surface area contributed by atoms with Gasteiger partial charge in [-0.05, 0) is 38.3 Å². The lowest BCUT2D eigenvalue weighted by Gasteiger charge is -2.10. The Balaban J connectivity index is 1.74. The first kappa shape index (κ1) is 8.76. The average Bonchev–Trinajstić information content (AvgIpc) is 2.86. The van der Waals surface area contributed by atoms with E-state index in [1.54, 1.807) is 0 Å². The number of benzene rings is 1. The zero-order valence-corrected chi connectivity index (χ0v) is 8.22. The summed E-state index contributed by atoms with van der Waals surface area (Å²) in [7, 11) is 0. The van der Waals surface area contributed by atoms with Gasteiger partial charge >= 0.3 is 0 Å². The maximum absolute atomic E-state index is 3.58. The molecule has 1 aliphatic carbocycles. The van der Waals surface area contributed by atoms with Crippen molar-refractivity contribution < 1.29 is 0 Å². The SMILES string of the molecule is CC1(NCCc2ccccc2)CC1. The maximum atomic E-state index is 3.58. The monoisotopic (exact) mass is 175 g/mol. The average molecular weight is 175 g/mol. The number of nitrogens with one attached hydrogen (secondary N) is 1. The summed E-state index contributed by atoms with van der Waals surface area (Å²) in [6.45, 7) is 3.42. The summed E-state index contributed by atoms with van der Waals surface area (Å²) in [4.78, 5) is 0. The first-order chi connectivity index (χ1) is 6.29. The van der Waals surface area contributed by atoms with E-state index in [0.717, 1.165) is 13.0 Å². The molecule has 1 aromatic carbocycles. The normalized spacial score (nSPS) is 18.5. The molecule has 1 fully saturated rings. The standard InChI is InChI=1S/C12H17N/c1-12(8-9-12)13-10-7-11-5-3-2-4-6-11/h2-6,13H,7-10H2,1H3. The van der Waals surface area contributed by atoms with Crippen LogP contribution in [0.15, 0.2) is 30.3 Å². The van der Waals surface area contributed by atoms with Gasteiger partial charge in [0.05, 0.1) is 0 Å². The predicted molar refractivity (Wildman–Crippen MR) is 55.8 cm³/mol. The molecule has 0 bridgehead atoms. The van der Waals surface area contributed by atoms with Crippen molar-refractivity contribution in [2.75, 3.05) is 6.54 Å². The quantitative estimate of drug-likeness (QED) is 0.740. The topological polar surface area (TPSA) is 12.0 Å². The molecule has 1 N–H and O–H groups in total. The molecule has 0 saturated heterocycles. The molecule has 1 nitrogen and oxygen atoms in total. The lowest BCUT2D eigenvalue weighted by atomic mass is 10.1. The molecule has 0 heterocycles. The van der Waals surface area contributed by atoms with E-state index in [1.807, 2.05) is 0 Å². The van der Waals surface area contributed by atoms with Crippen molar-refractivity contribution in [3.05, 3.63) is 35.9 Å². The summed E-state index contributed by atoms with van der Waals surface area (Å²) >= 11 is 0. The molecule has 1 saturated carbocycles. The van der Waals surface area contributed by atoms with Gasteiger partial charge in [-0.25, -0.2) is 0 Å². The van der Waals surface area contributed by atoms with Gasteiger partial charge in [0.2, 0.25) is 0 Å². The number of hydrogen-bond donors (Lipinski definition) is 1. The van der Waals surface area contributed by atoms with Crippen LogP contribution in [0.3, 0.4) is 0 Å². The third kappa shape index (κ3) is 2.56. The van der Waals surface area contributed by atoms with E-state index in [2.05, 4.69) is 42.6 Å². The lowest BCUT2D eigenvalue weighted by Crippen LogP contribution is -2.29. The van der Waals surface area contributed by atoms with Gasteiger partial charge in [0.1, 0.15) is 0 Å². The molecule has 1 aliphatic rings. The summed E-state index contributed by atoms with van der Waals surface area (Å²) in [6, 6.07) is 10.7. The van der Waals surface area contributed by atoms with Gasteiger partial charge in [-0.2, -0.15) is 0 Å². The smallest absolute Gasteiger partial charge is 0.0154 e. The van der Waals surface area contributed by atoms with E-state index >= 15 is 0 Å². The molecule has 0 atom stereocenters. The van der Waals surface area contributed by atoms with E-state index in [-0.39, 0.29) is 0 Å². The second-order valence-electron chi connectivity index (χ2n) is 4.22. The van der Waals surface area contributed by atoms with E-state index in [9.17, 15) is 0 Å². The molecule has 13 heavy (non-hydrogen) atoms. The second-order valence-corrected chi connectivity index (χ2v) is 4.22. The van der Waals surface area contributed by atoms with Gasteiger partial charge < -0.3 is 5.32 Å². The van der Waals surface area contributed by atoms with Crippen LogP contribution in [0, 0.1) is 0 Å². The molecular weight excluding hydrogens is 158 g/mol. The predicted octanol–water partition coefficient (Wildman–Crippen LogP) is 2.37. The molecule has 1 heteroatoms. The lowest BCUT2D eigenvalue weighted by molar-refractivity contribution is 0.541. The Bertz CT molecular complexity index is 262. The molecule has 0 spiro atoms. The van der Waals surface area contributed by atoms with Crippen LogP contribution in [-0.2, 0) is 6.42 Å². The van der Waals surface area contributed by atoms with Crippen molar-refractivity contribution in [3.8, 4) is 0 Å². The van der Waals surface area contributed by atoms with Gasteiger partial charge in [0, 0.05) is 5.54 Å². The summed E-state index contributed by atoms with van der Waals surface area (Å²) < 4.78 is 0. The van der Waals surface area contributed by atoms with Crippen LogP contribution >= 0.6 is 0 Å². The first-order valence-electron chi connectivity index (χ1n) is 5.07. The molecule has 0 unspecified atom stereocenters. The van der Waals surface area contributed by atoms with Gasteiger partial charge in [-0.3, -0.25) is 0 Å². The fourth-order valence-corrected chi connectivity index (χ4v) is 1.52. The highest BCUT2D eigenvalue weighted by atomic mass is 15.0. The Morgan fingerprint density at radius 1 is 1.23 bits per heavy atom. The highest BCUT2D eigenvalue weighted by molar-refractivity contribution is 5.15. The zero-order valence-electron chi connectivity index (χ0n) is 8.22. The van der Waals surface area contributed by atoms with Crippen molar-refractivity contribution in [1.82, 2.24) is 5.32 Å². The highest BCUT2D eigenvalue weighted by Crippen LogP contribution is 2.33. The molecule has 0 aromatic heterocycles. The molecule has 0 aliphatic heterocycles.